The summed E-state index contributed by atoms with van der Waals surface area (Å²) in [6.07, 6.45) is -5.10. The summed E-state index contributed by atoms with van der Waals surface area (Å²) < 4.78 is 16.1. The quantitative estimate of drug-likeness (QED) is 0.553. The summed E-state index contributed by atoms with van der Waals surface area (Å²) in [6.45, 7) is 0.230. The molecule has 2 aromatic carbocycles. The van der Waals surface area contributed by atoms with E-state index in [1.165, 1.54) is 7.11 Å². The molecule has 4 N–H and O–H groups in total. The molecule has 3 rings (SSSR count). The second kappa shape index (κ2) is 9.47. The fourth-order valence-corrected chi connectivity index (χ4v) is 3.30. The van der Waals surface area contributed by atoms with E-state index in [9.17, 15) is 15.3 Å². The van der Waals surface area contributed by atoms with Crippen LogP contribution < -0.4 is 4.74 Å². The van der Waals surface area contributed by atoms with Gasteiger partial charge in [-0.05, 0) is 35.2 Å². The van der Waals surface area contributed by atoms with Crippen LogP contribution in [0.2, 0.25) is 0 Å². The third kappa shape index (κ3) is 4.70. The van der Waals surface area contributed by atoms with Gasteiger partial charge in [0, 0.05) is 7.11 Å². The molecule has 1 saturated heterocycles. The molecule has 7 heteroatoms. The second-order valence-electron chi connectivity index (χ2n) is 6.77. The summed E-state index contributed by atoms with van der Waals surface area (Å²) in [4.78, 5) is 0. The molecule has 0 aliphatic carbocycles. The zero-order valence-corrected chi connectivity index (χ0v) is 15.6. The third-order valence-corrected chi connectivity index (χ3v) is 4.77. The molecule has 1 aliphatic heterocycles. The Hall–Kier alpha value is -2.00. The van der Waals surface area contributed by atoms with Crippen molar-refractivity contribution in [2.45, 2.75) is 37.1 Å². The fourth-order valence-electron chi connectivity index (χ4n) is 3.30. The van der Waals surface area contributed by atoms with Gasteiger partial charge in [-0.25, -0.2) is 0 Å². The molecule has 0 aromatic heterocycles. The van der Waals surface area contributed by atoms with Crippen LogP contribution in [-0.2, 0) is 15.9 Å². The van der Waals surface area contributed by atoms with E-state index in [1.54, 1.807) is 6.07 Å². The number of aliphatic hydroxyl groups excluding tert-OH is 4. The summed E-state index contributed by atoms with van der Waals surface area (Å²) in [5.74, 6) is 0.698. The largest absolute Gasteiger partial charge is 0.491 e. The van der Waals surface area contributed by atoms with Crippen molar-refractivity contribution in [3.05, 3.63) is 65.2 Å². The molecule has 152 valence electrons. The van der Waals surface area contributed by atoms with Gasteiger partial charge in [-0.3, -0.25) is 0 Å². The maximum Gasteiger partial charge on any atom is 0.186 e. The molecule has 1 fully saturated rings. The van der Waals surface area contributed by atoms with Crippen molar-refractivity contribution >= 4 is 0 Å². The van der Waals surface area contributed by atoms with Crippen molar-refractivity contribution in [1.82, 2.24) is 0 Å². The van der Waals surface area contributed by atoms with E-state index >= 15 is 0 Å². The number of aliphatic hydroxyl groups is 4. The predicted molar refractivity (Wildman–Crippen MR) is 101 cm³/mol. The number of methoxy groups -OCH3 is 1. The van der Waals surface area contributed by atoms with Crippen LogP contribution in [0.4, 0.5) is 0 Å². The van der Waals surface area contributed by atoms with Gasteiger partial charge in [0.15, 0.2) is 6.29 Å². The lowest BCUT2D eigenvalue weighted by Gasteiger charge is -2.40. The molecular formula is C21H26O7. The SMILES string of the molecule is COC1O[C@@H](c2cccc(Cc3ccc(OCCO)cc3)c2)[C@H](O)[C@@H](O)[C@@H]1O. The summed E-state index contributed by atoms with van der Waals surface area (Å²) in [5.41, 5.74) is 2.77. The van der Waals surface area contributed by atoms with Crippen LogP contribution in [0.1, 0.15) is 22.8 Å². The van der Waals surface area contributed by atoms with Crippen LogP contribution in [0.3, 0.4) is 0 Å². The van der Waals surface area contributed by atoms with E-state index in [-0.39, 0.29) is 13.2 Å². The molecule has 28 heavy (non-hydrogen) atoms. The molecular weight excluding hydrogens is 364 g/mol. The molecule has 0 radical (unpaired) electrons. The maximum absolute atomic E-state index is 10.3. The Morgan fingerprint density at radius 2 is 1.68 bits per heavy atom. The first kappa shape index (κ1) is 20.7. The van der Waals surface area contributed by atoms with Crippen LogP contribution >= 0.6 is 0 Å². The maximum atomic E-state index is 10.3. The Morgan fingerprint density at radius 1 is 0.929 bits per heavy atom. The molecule has 0 bridgehead atoms. The minimum absolute atomic E-state index is 0.0285. The van der Waals surface area contributed by atoms with Crippen molar-refractivity contribution in [2.75, 3.05) is 20.3 Å². The predicted octanol–water partition coefficient (Wildman–Crippen LogP) is 0.775. The fraction of sp³-hybridized carbons (Fsp3) is 0.429. The third-order valence-electron chi connectivity index (χ3n) is 4.77. The van der Waals surface area contributed by atoms with Crippen LogP contribution in [0.15, 0.2) is 48.5 Å². The van der Waals surface area contributed by atoms with Gasteiger partial charge >= 0.3 is 0 Å². The highest BCUT2D eigenvalue weighted by molar-refractivity contribution is 5.34. The van der Waals surface area contributed by atoms with E-state index in [2.05, 4.69) is 0 Å². The standard InChI is InChI=1S/C21H26O7/c1-26-21-19(25)17(23)18(24)20(28-21)15-4-2-3-14(12-15)11-13-5-7-16(8-6-13)27-10-9-22/h2-8,12,17-25H,9-11H2,1H3/t17-,18-,19+,20+,21?/m1/s1. The normalized spacial score (nSPS) is 27.5. The molecule has 0 amide bonds. The smallest absolute Gasteiger partial charge is 0.186 e. The lowest BCUT2D eigenvalue weighted by Crippen LogP contribution is -2.54. The van der Waals surface area contributed by atoms with E-state index in [4.69, 9.17) is 19.3 Å². The average Bonchev–Trinajstić information content (AvgIpc) is 2.72. The summed E-state index contributed by atoms with van der Waals surface area (Å²) in [7, 11) is 1.37. The minimum Gasteiger partial charge on any atom is -0.491 e. The van der Waals surface area contributed by atoms with Crippen LogP contribution in [-0.4, -0.2) is 65.4 Å². The van der Waals surface area contributed by atoms with E-state index < -0.39 is 30.7 Å². The number of rotatable bonds is 7. The molecule has 7 nitrogen and oxygen atoms in total. The van der Waals surface area contributed by atoms with Crippen molar-refractivity contribution in [3.63, 3.8) is 0 Å². The minimum atomic E-state index is -1.36. The molecule has 2 aromatic rings. The summed E-state index contributed by atoms with van der Waals surface area (Å²) in [6, 6.07) is 15.1. The van der Waals surface area contributed by atoms with Crippen molar-refractivity contribution < 1.29 is 34.6 Å². The Bertz CT molecular complexity index is 747. The number of ether oxygens (including phenoxy) is 3. The molecule has 1 unspecified atom stereocenters. The van der Waals surface area contributed by atoms with Gasteiger partial charge in [-0.1, -0.05) is 36.4 Å². The van der Waals surface area contributed by atoms with Crippen LogP contribution in [0.25, 0.3) is 0 Å². The Kier molecular flexibility index (Phi) is 7.01. The zero-order valence-electron chi connectivity index (χ0n) is 15.6. The number of hydrogen-bond acceptors (Lipinski definition) is 7. The van der Waals surface area contributed by atoms with E-state index in [0.717, 1.165) is 11.1 Å². The van der Waals surface area contributed by atoms with Crippen molar-refractivity contribution in [3.8, 4) is 5.75 Å². The number of benzene rings is 2. The highest BCUT2D eigenvalue weighted by atomic mass is 16.7. The topological polar surface area (TPSA) is 109 Å². The van der Waals surface area contributed by atoms with E-state index in [1.807, 2.05) is 42.5 Å². The molecule has 5 atom stereocenters. The first-order chi connectivity index (χ1) is 13.5. The van der Waals surface area contributed by atoms with Crippen LogP contribution in [0, 0.1) is 0 Å². The molecule has 1 heterocycles. The van der Waals surface area contributed by atoms with Gasteiger partial charge in [0.25, 0.3) is 0 Å². The zero-order chi connectivity index (χ0) is 20.1. The molecule has 0 saturated carbocycles. The van der Waals surface area contributed by atoms with Gasteiger partial charge in [-0.15, -0.1) is 0 Å². The highest BCUT2D eigenvalue weighted by Gasteiger charge is 2.44. The van der Waals surface area contributed by atoms with E-state index in [0.29, 0.717) is 17.7 Å². The average molecular weight is 390 g/mol. The molecule has 0 spiro atoms. The van der Waals surface area contributed by atoms with Crippen molar-refractivity contribution in [1.29, 1.82) is 0 Å². The first-order valence-electron chi connectivity index (χ1n) is 9.17. The van der Waals surface area contributed by atoms with Gasteiger partial charge < -0.3 is 34.6 Å². The van der Waals surface area contributed by atoms with Crippen molar-refractivity contribution in [2.24, 2.45) is 0 Å². The van der Waals surface area contributed by atoms with Gasteiger partial charge in [-0.2, -0.15) is 0 Å². The lowest BCUT2D eigenvalue weighted by molar-refractivity contribution is -0.292. The number of hydrogen-bond donors (Lipinski definition) is 4. The van der Waals surface area contributed by atoms with Gasteiger partial charge in [0.05, 0.1) is 6.61 Å². The van der Waals surface area contributed by atoms with Gasteiger partial charge in [0.2, 0.25) is 0 Å². The highest BCUT2D eigenvalue weighted by Crippen LogP contribution is 2.33. The summed E-state index contributed by atoms with van der Waals surface area (Å²) in [5, 5.41) is 39.1. The summed E-state index contributed by atoms with van der Waals surface area (Å²) >= 11 is 0. The monoisotopic (exact) mass is 390 g/mol. The Balaban J connectivity index is 1.73. The van der Waals surface area contributed by atoms with Crippen LogP contribution in [0.5, 0.6) is 5.75 Å². The molecule has 1 aliphatic rings. The Labute approximate surface area is 163 Å². The van der Waals surface area contributed by atoms with Gasteiger partial charge in [0.1, 0.15) is 36.8 Å². The lowest BCUT2D eigenvalue weighted by atomic mass is 9.92. The first-order valence-corrected chi connectivity index (χ1v) is 9.17. The Morgan fingerprint density at radius 3 is 2.36 bits per heavy atom. The second-order valence-corrected chi connectivity index (χ2v) is 6.77.